The molecule has 0 aromatic heterocycles. The van der Waals surface area contributed by atoms with Crippen LogP contribution in [0.3, 0.4) is 0 Å². The van der Waals surface area contributed by atoms with Gasteiger partial charge in [-0.05, 0) is 24.3 Å². The number of carbonyl (C=O) groups excluding carboxylic acids is 1. The van der Waals surface area contributed by atoms with E-state index in [1.54, 1.807) is 51.6 Å². The van der Waals surface area contributed by atoms with Gasteiger partial charge in [-0.25, -0.2) is 4.39 Å². The second kappa shape index (κ2) is 9.46. The summed E-state index contributed by atoms with van der Waals surface area (Å²) < 4.78 is 29.4. The molecule has 26 heavy (non-hydrogen) atoms. The zero-order chi connectivity index (χ0) is 18.9. The van der Waals surface area contributed by atoms with Crippen molar-refractivity contribution >= 4 is 12.0 Å². The third-order valence-corrected chi connectivity index (χ3v) is 3.74. The van der Waals surface area contributed by atoms with Crippen LogP contribution in [0.15, 0.2) is 48.5 Å². The maximum Gasteiger partial charge on any atom is 0.246 e. The Morgan fingerprint density at radius 2 is 1.81 bits per heavy atom. The molecule has 0 N–H and O–H groups in total. The summed E-state index contributed by atoms with van der Waals surface area (Å²) in [7, 11) is 4.75. The average Bonchev–Trinajstić information content (AvgIpc) is 2.66. The number of para-hydroxylation sites is 2. The second-order valence-corrected chi connectivity index (χ2v) is 5.45. The lowest BCUT2D eigenvalue weighted by atomic mass is 10.1. The predicted octanol–water partition coefficient (Wildman–Crippen LogP) is 3.39. The van der Waals surface area contributed by atoms with Gasteiger partial charge in [0.1, 0.15) is 6.61 Å². The third-order valence-electron chi connectivity index (χ3n) is 3.74. The highest BCUT2D eigenvalue weighted by Crippen LogP contribution is 2.31. The molecule has 0 aliphatic rings. The van der Waals surface area contributed by atoms with Crippen LogP contribution in [0, 0.1) is 5.82 Å². The molecule has 0 spiro atoms. The van der Waals surface area contributed by atoms with Gasteiger partial charge in [-0.2, -0.15) is 0 Å². The van der Waals surface area contributed by atoms with Crippen molar-refractivity contribution in [1.29, 1.82) is 0 Å². The van der Waals surface area contributed by atoms with Gasteiger partial charge in [0.2, 0.25) is 5.91 Å². The minimum atomic E-state index is -0.425. The van der Waals surface area contributed by atoms with Crippen LogP contribution in [0.1, 0.15) is 5.56 Å². The molecule has 0 heterocycles. The molecular formula is C20H22FNO4. The highest BCUT2D eigenvalue weighted by molar-refractivity contribution is 5.92. The van der Waals surface area contributed by atoms with E-state index < -0.39 is 5.82 Å². The number of likely N-dealkylation sites (N-methyl/N-ethyl adjacent to an activating group) is 1. The molecule has 0 aliphatic carbocycles. The summed E-state index contributed by atoms with van der Waals surface area (Å²) in [6.07, 6.45) is 3.11. The molecule has 2 rings (SSSR count). The second-order valence-electron chi connectivity index (χ2n) is 5.45. The first-order valence-corrected chi connectivity index (χ1v) is 8.08. The van der Waals surface area contributed by atoms with E-state index in [0.29, 0.717) is 18.0 Å². The summed E-state index contributed by atoms with van der Waals surface area (Å²) in [5.74, 6) is 0.696. The molecule has 5 nitrogen and oxygen atoms in total. The molecule has 2 aromatic rings. The standard InChI is InChI=1S/C20H22FNO4/c1-22(13-14-26-17-9-5-4-8-16(17)21)19(23)12-11-15-7-6-10-18(24-2)20(15)25-3/h4-12H,13-14H2,1-3H3/b12-11+. The normalized spacial score (nSPS) is 10.6. The molecular weight excluding hydrogens is 337 g/mol. The highest BCUT2D eigenvalue weighted by Gasteiger charge is 2.09. The van der Waals surface area contributed by atoms with Gasteiger partial charge in [0.05, 0.1) is 20.8 Å². The summed E-state index contributed by atoms with van der Waals surface area (Å²) in [5.41, 5.74) is 0.733. The summed E-state index contributed by atoms with van der Waals surface area (Å²) in [5, 5.41) is 0. The van der Waals surface area contributed by atoms with Gasteiger partial charge in [0, 0.05) is 18.7 Å². The largest absolute Gasteiger partial charge is 0.493 e. The number of hydrogen-bond acceptors (Lipinski definition) is 4. The number of carbonyl (C=O) groups is 1. The van der Waals surface area contributed by atoms with Crippen molar-refractivity contribution in [1.82, 2.24) is 4.90 Å². The van der Waals surface area contributed by atoms with Gasteiger partial charge < -0.3 is 19.1 Å². The molecule has 0 radical (unpaired) electrons. The zero-order valence-electron chi connectivity index (χ0n) is 15.1. The van der Waals surface area contributed by atoms with Crippen LogP contribution in [0.2, 0.25) is 0 Å². The minimum absolute atomic E-state index is 0.171. The van der Waals surface area contributed by atoms with Crippen LogP contribution in [0.25, 0.3) is 6.08 Å². The van der Waals surface area contributed by atoms with Crippen molar-refractivity contribution in [2.24, 2.45) is 0 Å². The molecule has 1 amide bonds. The molecule has 0 saturated carbocycles. The van der Waals surface area contributed by atoms with Crippen LogP contribution in [0.4, 0.5) is 4.39 Å². The van der Waals surface area contributed by atoms with Gasteiger partial charge in [-0.3, -0.25) is 4.79 Å². The third kappa shape index (κ3) is 4.99. The number of ether oxygens (including phenoxy) is 3. The Morgan fingerprint density at radius 1 is 1.08 bits per heavy atom. The van der Waals surface area contributed by atoms with Crippen LogP contribution >= 0.6 is 0 Å². The number of benzene rings is 2. The monoisotopic (exact) mass is 359 g/mol. The maximum atomic E-state index is 13.5. The SMILES string of the molecule is COc1cccc(/C=C/C(=O)N(C)CCOc2ccccc2F)c1OC. The van der Waals surface area contributed by atoms with Crippen molar-refractivity contribution in [3.05, 3.63) is 59.9 Å². The quantitative estimate of drug-likeness (QED) is 0.678. The molecule has 6 heteroatoms. The molecule has 0 atom stereocenters. The number of rotatable bonds is 8. The number of nitrogens with zero attached hydrogens (tertiary/aromatic N) is 1. The Kier molecular flexibility index (Phi) is 7.02. The van der Waals surface area contributed by atoms with Crippen molar-refractivity contribution in [2.45, 2.75) is 0 Å². The molecule has 0 aliphatic heterocycles. The van der Waals surface area contributed by atoms with Gasteiger partial charge in [-0.1, -0.05) is 24.3 Å². The molecule has 0 fully saturated rings. The Balaban J connectivity index is 1.93. The lowest BCUT2D eigenvalue weighted by molar-refractivity contribution is -0.125. The predicted molar refractivity (Wildman–Crippen MR) is 98.1 cm³/mol. The minimum Gasteiger partial charge on any atom is -0.493 e. The highest BCUT2D eigenvalue weighted by atomic mass is 19.1. The average molecular weight is 359 g/mol. The number of amides is 1. The van der Waals surface area contributed by atoms with Gasteiger partial charge >= 0.3 is 0 Å². The number of hydrogen-bond donors (Lipinski definition) is 0. The molecule has 0 bridgehead atoms. The van der Waals surface area contributed by atoms with Crippen LogP contribution in [-0.4, -0.2) is 45.2 Å². The Bertz CT molecular complexity index is 776. The lowest BCUT2D eigenvalue weighted by Gasteiger charge is -2.16. The fraction of sp³-hybridized carbons (Fsp3) is 0.250. The van der Waals surface area contributed by atoms with E-state index in [1.165, 1.54) is 17.0 Å². The number of halogens is 1. The molecule has 0 unspecified atom stereocenters. The fourth-order valence-electron chi connectivity index (χ4n) is 2.30. The van der Waals surface area contributed by atoms with Gasteiger partial charge in [0.15, 0.2) is 23.1 Å². The van der Waals surface area contributed by atoms with Crippen molar-refractivity contribution in [2.75, 3.05) is 34.4 Å². The molecule has 138 valence electrons. The van der Waals surface area contributed by atoms with E-state index in [-0.39, 0.29) is 18.3 Å². The first-order valence-electron chi connectivity index (χ1n) is 8.08. The summed E-state index contributed by atoms with van der Waals surface area (Å²) in [6.45, 7) is 0.520. The van der Waals surface area contributed by atoms with Crippen LogP contribution < -0.4 is 14.2 Å². The molecule has 2 aromatic carbocycles. The first-order chi connectivity index (χ1) is 12.6. The maximum absolute atomic E-state index is 13.5. The Morgan fingerprint density at radius 3 is 2.50 bits per heavy atom. The molecule has 0 saturated heterocycles. The first kappa shape index (κ1) is 19.3. The summed E-state index contributed by atoms with van der Waals surface area (Å²) in [6, 6.07) is 11.6. The fourth-order valence-corrected chi connectivity index (χ4v) is 2.30. The lowest BCUT2D eigenvalue weighted by Crippen LogP contribution is -2.29. The smallest absolute Gasteiger partial charge is 0.246 e. The van der Waals surface area contributed by atoms with E-state index in [1.807, 2.05) is 12.1 Å². The van der Waals surface area contributed by atoms with Crippen LogP contribution in [-0.2, 0) is 4.79 Å². The van der Waals surface area contributed by atoms with Crippen molar-refractivity contribution in [3.8, 4) is 17.2 Å². The summed E-state index contributed by atoms with van der Waals surface area (Å²) in [4.78, 5) is 13.7. The van der Waals surface area contributed by atoms with Crippen molar-refractivity contribution < 1.29 is 23.4 Å². The van der Waals surface area contributed by atoms with Gasteiger partial charge in [0.25, 0.3) is 0 Å². The van der Waals surface area contributed by atoms with E-state index in [4.69, 9.17) is 14.2 Å². The van der Waals surface area contributed by atoms with E-state index in [2.05, 4.69) is 0 Å². The van der Waals surface area contributed by atoms with Crippen molar-refractivity contribution in [3.63, 3.8) is 0 Å². The summed E-state index contributed by atoms with van der Waals surface area (Å²) >= 11 is 0. The Hall–Kier alpha value is -3.02. The zero-order valence-corrected chi connectivity index (χ0v) is 15.1. The number of methoxy groups -OCH3 is 2. The van der Waals surface area contributed by atoms with E-state index in [0.717, 1.165) is 5.56 Å². The van der Waals surface area contributed by atoms with E-state index in [9.17, 15) is 9.18 Å². The van der Waals surface area contributed by atoms with Gasteiger partial charge in [-0.15, -0.1) is 0 Å². The van der Waals surface area contributed by atoms with Crippen LogP contribution in [0.5, 0.6) is 17.2 Å². The Labute approximate surface area is 152 Å². The topological polar surface area (TPSA) is 48.0 Å². The van der Waals surface area contributed by atoms with E-state index >= 15 is 0 Å².